The van der Waals surface area contributed by atoms with E-state index in [9.17, 15) is 19.2 Å². The summed E-state index contributed by atoms with van der Waals surface area (Å²) in [4.78, 5) is 49.0. The Kier molecular flexibility index (Phi) is 9.22. The maximum absolute atomic E-state index is 13.1. The van der Waals surface area contributed by atoms with Crippen molar-refractivity contribution in [1.82, 2.24) is 5.32 Å². The van der Waals surface area contributed by atoms with E-state index in [2.05, 4.69) is 16.0 Å². The number of ether oxygens (including phenoxy) is 2. The van der Waals surface area contributed by atoms with E-state index in [4.69, 9.17) is 9.47 Å². The third-order valence-electron chi connectivity index (χ3n) is 4.51. The molecule has 0 aliphatic carbocycles. The van der Waals surface area contributed by atoms with Crippen LogP contribution in [0.1, 0.15) is 64.4 Å². The summed E-state index contributed by atoms with van der Waals surface area (Å²) in [5.41, 5.74) is 0.834. The molecule has 0 aromatic heterocycles. The Hall–Kier alpha value is -3.88. The summed E-state index contributed by atoms with van der Waals surface area (Å²) < 4.78 is 10.7. The molecule has 194 valence electrons. The van der Waals surface area contributed by atoms with Gasteiger partial charge in [-0.05, 0) is 83.5 Å². The summed E-state index contributed by atoms with van der Waals surface area (Å²) in [5, 5.41) is 8.07. The highest BCUT2D eigenvalue weighted by atomic mass is 16.6. The zero-order valence-electron chi connectivity index (χ0n) is 21.9. The van der Waals surface area contributed by atoms with Gasteiger partial charge < -0.3 is 25.4 Å². The molecule has 3 N–H and O–H groups in total. The van der Waals surface area contributed by atoms with Gasteiger partial charge in [-0.25, -0.2) is 9.59 Å². The number of carbonyl (C=O) groups excluding carboxylic acids is 4. The number of amides is 3. The lowest BCUT2D eigenvalue weighted by molar-refractivity contribution is -0.118. The summed E-state index contributed by atoms with van der Waals surface area (Å²) in [5.74, 6) is -1.12. The van der Waals surface area contributed by atoms with Crippen molar-refractivity contribution in [3.8, 4) is 0 Å². The Labute approximate surface area is 211 Å². The predicted octanol–water partition coefficient (Wildman–Crippen LogP) is 4.67. The second-order valence-corrected chi connectivity index (χ2v) is 10.3. The zero-order valence-corrected chi connectivity index (χ0v) is 21.9. The molecule has 1 atom stereocenters. The molecule has 1 unspecified atom stereocenters. The first-order valence-corrected chi connectivity index (χ1v) is 11.6. The lowest BCUT2D eigenvalue weighted by atomic mass is 10.0. The Morgan fingerprint density at radius 3 is 1.75 bits per heavy atom. The van der Waals surface area contributed by atoms with E-state index in [1.807, 2.05) is 0 Å². The van der Waals surface area contributed by atoms with Gasteiger partial charge in [-0.1, -0.05) is 12.1 Å². The SMILES string of the molecule is CC(=O)Nc1ccc(CC(NC(=O)OC(C)(C)C)C(=O)Nc2ccc(C(=O)OC(C)(C)C)cc2)cc1. The van der Waals surface area contributed by atoms with Gasteiger partial charge in [0, 0.05) is 24.7 Å². The van der Waals surface area contributed by atoms with Crippen LogP contribution in [0, 0.1) is 0 Å². The lowest BCUT2D eigenvalue weighted by Gasteiger charge is -2.23. The number of benzene rings is 2. The normalized spacial score (nSPS) is 12.2. The van der Waals surface area contributed by atoms with Crippen LogP contribution in [0.25, 0.3) is 0 Å². The maximum atomic E-state index is 13.1. The number of hydrogen-bond acceptors (Lipinski definition) is 6. The average molecular weight is 498 g/mol. The van der Waals surface area contributed by atoms with Crippen molar-refractivity contribution in [3.05, 3.63) is 59.7 Å². The number of esters is 1. The van der Waals surface area contributed by atoms with Gasteiger partial charge in [0.15, 0.2) is 0 Å². The average Bonchev–Trinajstić information content (AvgIpc) is 2.72. The predicted molar refractivity (Wildman–Crippen MR) is 138 cm³/mol. The van der Waals surface area contributed by atoms with Crippen molar-refractivity contribution in [2.45, 2.75) is 72.1 Å². The number of alkyl carbamates (subject to hydrolysis) is 1. The van der Waals surface area contributed by atoms with Crippen LogP contribution in [0.2, 0.25) is 0 Å². The van der Waals surface area contributed by atoms with E-state index in [0.717, 1.165) is 5.56 Å². The third kappa shape index (κ3) is 10.2. The van der Waals surface area contributed by atoms with Crippen LogP contribution >= 0.6 is 0 Å². The molecule has 0 bridgehead atoms. The minimum atomic E-state index is -0.947. The van der Waals surface area contributed by atoms with Gasteiger partial charge in [0.05, 0.1) is 5.56 Å². The molecular formula is C27H35N3O6. The van der Waals surface area contributed by atoms with Crippen LogP contribution in [-0.4, -0.2) is 41.1 Å². The molecule has 0 saturated carbocycles. The fraction of sp³-hybridized carbons (Fsp3) is 0.407. The van der Waals surface area contributed by atoms with E-state index in [-0.39, 0.29) is 12.3 Å². The standard InChI is InChI=1S/C27H35N3O6/c1-17(31)28-20-12-8-18(9-13-20)16-22(30-25(34)36-27(5,6)7)23(32)29-21-14-10-19(11-15-21)24(33)35-26(2,3)4/h8-15,22H,16H2,1-7H3,(H,28,31)(H,29,32)(H,30,34). The summed E-state index contributed by atoms with van der Waals surface area (Å²) in [6, 6.07) is 12.3. The Balaban J connectivity index is 2.16. The van der Waals surface area contributed by atoms with Crippen LogP contribution < -0.4 is 16.0 Å². The van der Waals surface area contributed by atoms with Gasteiger partial charge >= 0.3 is 12.1 Å². The molecule has 2 rings (SSSR count). The summed E-state index contributed by atoms with van der Waals surface area (Å²) in [6.07, 6.45) is -0.542. The van der Waals surface area contributed by atoms with Crippen molar-refractivity contribution < 1.29 is 28.7 Å². The summed E-state index contributed by atoms with van der Waals surface area (Å²) >= 11 is 0. The first kappa shape index (κ1) is 28.4. The second-order valence-electron chi connectivity index (χ2n) is 10.3. The van der Waals surface area contributed by atoms with Crippen molar-refractivity contribution in [2.24, 2.45) is 0 Å². The van der Waals surface area contributed by atoms with Crippen LogP contribution in [-0.2, 0) is 25.5 Å². The quantitative estimate of drug-likeness (QED) is 0.478. The molecule has 0 aliphatic rings. The van der Waals surface area contributed by atoms with Crippen molar-refractivity contribution in [3.63, 3.8) is 0 Å². The maximum Gasteiger partial charge on any atom is 0.408 e. The first-order valence-electron chi connectivity index (χ1n) is 11.6. The molecule has 0 spiro atoms. The molecule has 0 saturated heterocycles. The summed E-state index contributed by atoms with van der Waals surface area (Å²) in [6.45, 7) is 12.0. The van der Waals surface area contributed by atoms with Gasteiger partial charge in [0.2, 0.25) is 11.8 Å². The number of rotatable bonds is 7. The zero-order chi connectivity index (χ0) is 27.1. The second kappa shape index (κ2) is 11.7. The highest BCUT2D eigenvalue weighted by Crippen LogP contribution is 2.17. The molecular weight excluding hydrogens is 462 g/mol. The van der Waals surface area contributed by atoms with Crippen molar-refractivity contribution in [1.29, 1.82) is 0 Å². The first-order chi connectivity index (χ1) is 16.6. The van der Waals surface area contributed by atoms with Crippen LogP contribution in [0.3, 0.4) is 0 Å². The Morgan fingerprint density at radius 1 is 0.750 bits per heavy atom. The van der Waals surface area contributed by atoms with Gasteiger partial charge in [0.25, 0.3) is 0 Å². The molecule has 0 heterocycles. The molecule has 9 nitrogen and oxygen atoms in total. The molecule has 3 amide bonds. The van der Waals surface area contributed by atoms with Crippen molar-refractivity contribution >= 4 is 35.3 Å². The van der Waals surface area contributed by atoms with E-state index < -0.39 is 35.2 Å². The summed E-state index contributed by atoms with van der Waals surface area (Å²) in [7, 11) is 0. The molecule has 36 heavy (non-hydrogen) atoms. The highest BCUT2D eigenvalue weighted by Gasteiger charge is 2.25. The molecule has 0 aliphatic heterocycles. The highest BCUT2D eigenvalue weighted by molar-refractivity contribution is 5.97. The molecule has 9 heteroatoms. The number of anilines is 2. The van der Waals surface area contributed by atoms with Gasteiger partial charge in [-0.3, -0.25) is 9.59 Å². The lowest BCUT2D eigenvalue weighted by Crippen LogP contribution is -2.47. The monoisotopic (exact) mass is 497 g/mol. The van der Waals surface area contributed by atoms with Crippen LogP contribution in [0.5, 0.6) is 0 Å². The molecule has 2 aromatic rings. The van der Waals surface area contributed by atoms with E-state index in [0.29, 0.717) is 16.9 Å². The Bertz CT molecular complexity index is 1080. The smallest absolute Gasteiger partial charge is 0.408 e. The van der Waals surface area contributed by atoms with Gasteiger partial charge in [0.1, 0.15) is 17.2 Å². The number of nitrogens with one attached hydrogen (secondary N) is 3. The van der Waals surface area contributed by atoms with E-state index in [1.54, 1.807) is 90.1 Å². The van der Waals surface area contributed by atoms with Gasteiger partial charge in [-0.2, -0.15) is 0 Å². The molecule has 0 radical (unpaired) electrons. The van der Waals surface area contributed by atoms with Crippen LogP contribution in [0.4, 0.5) is 16.2 Å². The Morgan fingerprint density at radius 2 is 1.25 bits per heavy atom. The van der Waals surface area contributed by atoms with Gasteiger partial charge in [-0.15, -0.1) is 0 Å². The minimum Gasteiger partial charge on any atom is -0.456 e. The van der Waals surface area contributed by atoms with E-state index in [1.165, 1.54) is 6.92 Å². The molecule has 2 aromatic carbocycles. The van der Waals surface area contributed by atoms with Crippen molar-refractivity contribution in [2.75, 3.05) is 10.6 Å². The topological polar surface area (TPSA) is 123 Å². The number of hydrogen-bond donors (Lipinski definition) is 3. The minimum absolute atomic E-state index is 0.182. The largest absolute Gasteiger partial charge is 0.456 e. The molecule has 0 fully saturated rings. The third-order valence-corrected chi connectivity index (χ3v) is 4.51. The fourth-order valence-electron chi connectivity index (χ4n) is 3.08. The fourth-order valence-corrected chi connectivity index (χ4v) is 3.08. The van der Waals surface area contributed by atoms with Crippen LogP contribution in [0.15, 0.2) is 48.5 Å². The number of carbonyl (C=O) groups is 4. The van der Waals surface area contributed by atoms with E-state index >= 15 is 0 Å².